The number of hydrogen-bond acceptors (Lipinski definition) is 6. The van der Waals surface area contributed by atoms with Gasteiger partial charge in [0, 0.05) is 24.5 Å². The van der Waals surface area contributed by atoms with Crippen LogP contribution in [0.15, 0.2) is 18.3 Å². The largest absolute Gasteiger partial charge is 0.267 e. The molecule has 1 aromatic carbocycles. The van der Waals surface area contributed by atoms with Crippen LogP contribution in [0.2, 0.25) is 12.6 Å². The smallest absolute Gasteiger partial charge is 0.222 e. The van der Waals surface area contributed by atoms with E-state index in [1.165, 1.54) is 0 Å². The average Bonchev–Trinajstić information content (AvgIpc) is 3.34. The minimum absolute atomic E-state index is 0.217. The average molecular weight is 375 g/mol. The second-order valence-corrected chi connectivity index (χ2v) is 8.28. The summed E-state index contributed by atoms with van der Waals surface area (Å²) in [7, 11) is 1.84. The predicted molar refractivity (Wildman–Crippen MR) is 106 cm³/mol. The monoisotopic (exact) mass is 375 g/mol. The molecule has 0 N–H and O–H groups in total. The fourth-order valence-corrected chi connectivity index (χ4v) is 4.84. The highest BCUT2D eigenvalue weighted by molar-refractivity contribution is 7.19. The van der Waals surface area contributed by atoms with E-state index < -0.39 is 0 Å². The molecule has 0 saturated carbocycles. The Balaban J connectivity index is 1.46. The van der Waals surface area contributed by atoms with E-state index in [1.54, 1.807) is 16.1 Å². The zero-order valence-electron chi connectivity index (χ0n) is 15.3. The van der Waals surface area contributed by atoms with Gasteiger partial charge in [-0.25, -0.2) is 14.8 Å². The summed E-state index contributed by atoms with van der Waals surface area (Å²) in [4.78, 5) is 7.34. The number of benzene rings is 1. The molecule has 3 aromatic heterocycles. The minimum Gasteiger partial charge on any atom is -0.222 e. The Kier molecular flexibility index (Phi) is 3.76. The fraction of sp³-hybridized carbons (Fsp3) is 0.389. The highest BCUT2D eigenvalue weighted by atomic mass is 32.1. The molecule has 134 valence electrons. The Bertz CT molecular complexity index is 1160. The number of aryl methyl sites for hydroxylation is 2. The molecular weight excluding hydrogens is 357 g/mol. The molecule has 0 radical (unpaired) electrons. The van der Waals surface area contributed by atoms with E-state index in [1.807, 2.05) is 17.6 Å². The van der Waals surface area contributed by atoms with Crippen molar-refractivity contribution in [1.82, 2.24) is 29.6 Å². The second-order valence-electron chi connectivity index (χ2n) is 7.33. The molecule has 4 aromatic rings. The molecule has 27 heavy (non-hydrogen) atoms. The van der Waals surface area contributed by atoms with Gasteiger partial charge in [-0.1, -0.05) is 36.8 Å². The molecule has 0 atom stereocenters. The molecule has 1 saturated heterocycles. The van der Waals surface area contributed by atoms with Crippen molar-refractivity contribution in [3.05, 3.63) is 29.6 Å². The van der Waals surface area contributed by atoms with Gasteiger partial charge in [0.25, 0.3) is 6.71 Å². The molecule has 0 unspecified atom stereocenters. The van der Waals surface area contributed by atoms with Crippen LogP contribution in [0.4, 0.5) is 0 Å². The quantitative estimate of drug-likeness (QED) is 0.501. The van der Waals surface area contributed by atoms with Gasteiger partial charge in [-0.05, 0) is 24.6 Å². The Labute approximate surface area is 160 Å². The lowest BCUT2D eigenvalue weighted by molar-refractivity contribution is 0.598. The van der Waals surface area contributed by atoms with Crippen molar-refractivity contribution in [3.63, 3.8) is 0 Å². The highest BCUT2D eigenvalue weighted by Crippen LogP contribution is 2.35. The lowest BCUT2D eigenvalue weighted by atomic mass is 9.41. The molecule has 7 nitrogen and oxygen atoms in total. The molecule has 1 aliphatic rings. The van der Waals surface area contributed by atoms with E-state index in [0.717, 1.165) is 63.3 Å². The lowest BCUT2D eigenvalue weighted by Gasteiger charge is -2.21. The molecular formula is C18H18BN7S. The predicted octanol–water partition coefficient (Wildman–Crippen LogP) is 3.48. The van der Waals surface area contributed by atoms with Crippen LogP contribution in [-0.4, -0.2) is 36.3 Å². The van der Waals surface area contributed by atoms with Crippen LogP contribution in [-0.2, 0) is 7.05 Å². The maximum absolute atomic E-state index is 9.07. The van der Waals surface area contributed by atoms with Crippen molar-refractivity contribution in [2.24, 2.45) is 7.05 Å². The third-order valence-corrected chi connectivity index (χ3v) is 6.39. The molecule has 1 fully saturated rings. The summed E-state index contributed by atoms with van der Waals surface area (Å²) in [6.07, 6.45) is 6.09. The number of nitrogens with zero attached hydrogens (tertiary/aromatic N) is 7. The molecule has 4 heterocycles. The molecule has 0 amide bonds. The lowest BCUT2D eigenvalue weighted by Crippen LogP contribution is -2.19. The summed E-state index contributed by atoms with van der Waals surface area (Å²) in [6.45, 7) is 2.27. The number of fused-ring (bicyclic) bond motifs is 2. The molecule has 0 bridgehead atoms. The van der Waals surface area contributed by atoms with Gasteiger partial charge in [-0.15, -0.1) is 0 Å². The maximum Gasteiger partial charge on any atom is 0.267 e. The van der Waals surface area contributed by atoms with Crippen LogP contribution in [0.25, 0.3) is 26.6 Å². The normalized spacial score (nSPS) is 15.7. The van der Waals surface area contributed by atoms with Gasteiger partial charge in [-0.2, -0.15) is 20.1 Å². The molecule has 5 rings (SSSR count). The third-order valence-electron chi connectivity index (χ3n) is 5.41. The van der Waals surface area contributed by atoms with Crippen LogP contribution in [0.1, 0.15) is 30.0 Å². The van der Waals surface area contributed by atoms with E-state index in [-0.39, 0.29) is 6.71 Å². The summed E-state index contributed by atoms with van der Waals surface area (Å²) < 4.78 is 1.89. The summed E-state index contributed by atoms with van der Waals surface area (Å²) >= 11 is 1.60. The van der Waals surface area contributed by atoms with Crippen LogP contribution in [0.3, 0.4) is 0 Å². The van der Waals surface area contributed by atoms with Gasteiger partial charge in [0.15, 0.2) is 0 Å². The van der Waals surface area contributed by atoms with Gasteiger partial charge in [-0.3, -0.25) is 0 Å². The third kappa shape index (κ3) is 2.81. The molecule has 0 aliphatic carbocycles. The number of aromatic nitrogens is 6. The van der Waals surface area contributed by atoms with Gasteiger partial charge in [0.1, 0.15) is 16.0 Å². The minimum atomic E-state index is 0.217. The topological polar surface area (TPSA) is 84.7 Å². The zero-order chi connectivity index (χ0) is 18.5. The Morgan fingerprint density at radius 2 is 2.04 bits per heavy atom. The van der Waals surface area contributed by atoms with Gasteiger partial charge < -0.3 is 0 Å². The first-order valence-corrected chi connectivity index (χ1v) is 10.00. The zero-order valence-corrected chi connectivity index (χ0v) is 16.1. The molecule has 9 heteroatoms. The molecule has 1 aliphatic heterocycles. The summed E-state index contributed by atoms with van der Waals surface area (Å²) in [6, 6.07) is 4.15. The van der Waals surface area contributed by atoms with E-state index in [0.29, 0.717) is 5.92 Å². The number of imidazole rings is 1. The Morgan fingerprint density at radius 1 is 1.22 bits per heavy atom. The van der Waals surface area contributed by atoms with Crippen molar-refractivity contribution >= 4 is 34.0 Å². The van der Waals surface area contributed by atoms with Crippen molar-refractivity contribution in [2.45, 2.75) is 38.3 Å². The van der Waals surface area contributed by atoms with Crippen LogP contribution in [0.5, 0.6) is 0 Å². The Morgan fingerprint density at radius 3 is 2.78 bits per heavy atom. The summed E-state index contributed by atoms with van der Waals surface area (Å²) in [5.74, 6) is 2.84. The van der Waals surface area contributed by atoms with Gasteiger partial charge in [0.2, 0.25) is 4.96 Å². The SMILES string of the molecule is Cc1cc(-c2nn3cc(C4CCB(C#N)CC4)nc3s2)cc2nn(C)nc12. The summed E-state index contributed by atoms with van der Waals surface area (Å²) in [5.41, 5.74) is 5.07. The number of nitriles is 1. The van der Waals surface area contributed by atoms with Crippen molar-refractivity contribution < 1.29 is 0 Å². The van der Waals surface area contributed by atoms with Gasteiger partial charge in [0.05, 0.1) is 11.9 Å². The first-order chi connectivity index (χ1) is 13.1. The Hall–Kier alpha value is -2.73. The second kappa shape index (κ2) is 6.17. The van der Waals surface area contributed by atoms with E-state index >= 15 is 0 Å². The number of rotatable bonds is 2. The van der Waals surface area contributed by atoms with Crippen molar-refractivity contribution in [1.29, 1.82) is 5.26 Å². The van der Waals surface area contributed by atoms with Crippen LogP contribution in [0, 0.1) is 18.2 Å². The first kappa shape index (κ1) is 16.4. The fourth-order valence-electron chi connectivity index (χ4n) is 3.96. The van der Waals surface area contributed by atoms with E-state index in [2.05, 4.69) is 35.4 Å². The van der Waals surface area contributed by atoms with Crippen molar-refractivity contribution in [2.75, 3.05) is 0 Å². The number of hydrogen-bond donors (Lipinski definition) is 0. The maximum atomic E-state index is 9.07. The van der Waals surface area contributed by atoms with Crippen LogP contribution < -0.4 is 0 Å². The molecule has 0 spiro atoms. The summed E-state index contributed by atoms with van der Waals surface area (Å²) in [5, 5.41) is 23.6. The standard InChI is InChI=1S/C18H18BN7S/c1-11-7-13(8-14-16(11)23-25(2)22-14)17-24-26-9-15(21-18(26)27-17)12-3-5-19(10-20)6-4-12/h7-9,12H,3-6H2,1-2H3. The highest BCUT2D eigenvalue weighted by Gasteiger charge is 2.27. The van der Waals surface area contributed by atoms with E-state index in [9.17, 15) is 0 Å². The first-order valence-electron chi connectivity index (χ1n) is 9.18. The van der Waals surface area contributed by atoms with Crippen molar-refractivity contribution in [3.8, 4) is 16.5 Å². The van der Waals surface area contributed by atoms with Crippen LogP contribution >= 0.6 is 11.3 Å². The van der Waals surface area contributed by atoms with E-state index in [4.69, 9.17) is 15.3 Å². The van der Waals surface area contributed by atoms with Gasteiger partial charge >= 0.3 is 0 Å².